The molecule has 0 saturated heterocycles. The van der Waals surface area contributed by atoms with E-state index in [1.807, 2.05) is 30.3 Å². The van der Waals surface area contributed by atoms with E-state index in [2.05, 4.69) is 17.2 Å². The van der Waals surface area contributed by atoms with Crippen LogP contribution in [0.3, 0.4) is 0 Å². The number of ether oxygens (including phenoxy) is 1. The molecule has 0 fully saturated rings. The predicted octanol–water partition coefficient (Wildman–Crippen LogP) is 1.05. The molecule has 2 N–H and O–H groups in total. The normalized spacial score (nSPS) is 11.5. The third-order valence-electron chi connectivity index (χ3n) is 2.73. The molecule has 6 nitrogen and oxygen atoms in total. The van der Waals surface area contributed by atoms with E-state index in [0.29, 0.717) is 6.54 Å². The quantitative estimate of drug-likeness (QED) is 0.426. The van der Waals surface area contributed by atoms with Crippen LogP contribution in [0.5, 0.6) is 0 Å². The number of nitrogens with one attached hydrogen (secondary N) is 2. The van der Waals surface area contributed by atoms with Gasteiger partial charge in [0.2, 0.25) is 5.91 Å². The van der Waals surface area contributed by atoms with Gasteiger partial charge in [-0.2, -0.15) is 0 Å². The summed E-state index contributed by atoms with van der Waals surface area (Å²) in [6.45, 7) is 4.90. The van der Waals surface area contributed by atoms with Crippen LogP contribution >= 0.6 is 0 Å². The summed E-state index contributed by atoms with van der Waals surface area (Å²) in [6.07, 6.45) is 3.54. The van der Waals surface area contributed by atoms with Gasteiger partial charge in [-0.25, -0.2) is 0 Å². The minimum Gasteiger partial charge on any atom is -0.451 e. The van der Waals surface area contributed by atoms with Gasteiger partial charge in [-0.15, -0.1) is 6.58 Å². The van der Waals surface area contributed by atoms with Crippen molar-refractivity contribution in [3.63, 3.8) is 0 Å². The lowest BCUT2D eigenvalue weighted by molar-refractivity contribution is -0.154. The second-order valence-corrected chi connectivity index (χ2v) is 4.63. The highest BCUT2D eigenvalue weighted by Gasteiger charge is 2.16. The molecule has 0 bridgehead atoms. The largest absolute Gasteiger partial charge is 0.451 e. The number of rotatable bonds is 8. The molecule has 122 valence electrons. The van der Waals surface area contributed by atoms with Gasteiger partial charge in [-0.05, 0) is 18.6 Å². The number of carbonyl (C=O) groups excluding carboxylic acids is 3. The summed E-state index contributed by atoms with van der Waals surface area (Å²) in [6, 6.07) is 9.28. The number of carbonyl (C=O) groups is 3. The third kappa shape index (κ3) is 7.61. The van der Waals surface area contributed by atoms with E-state index in [1.54, 1.807) is 6.08 Å². The number of benzene rings is 1. The van der Waals surface area contributed by atoms with Gasteiger partial charge in [0, 0.05) is 12.6 Å². The molecule has 0 heterocycles. The van der Waals surface area contributed by atoms with Crippen LogP contribution in [0.4, 0.5) is 0 Å². The average Bonchev–Trinajstić information content (AvgIpc) is 2.56. The van der Waals surface area contributed by atoms with Crippen molar-refractivity contribution in [2.45, 2.75) is 13.0 Å². The molecule has 6 heteroatoms. The molecule has 0 aliphatic heterocycles. The Balaban J connectivity index is 2.32. The highest BCUT2D eigenvalue weighted by molar-refractivity contribution is 5.94. The lowest BCUT2D eigenvalue weighted by atomic mass is 10.2. The predicted molar refractivity (Wildman–Crippen MR) is 87.2 cm³/mol. The zero-order valence-electron chi connectivity index (χ0n) is 13.0. The average molecular weight is 316 g/mol. The molecule has 1 rings (SSSR count). The maximum atomic E-state index is 11.6. The second kappa shape index (κ2) is 9.94. The standard InChI is InChI=1S/C17H20N2O4/c1-3-11-18-17(22)13(2)23-16(21)12-19-15(20)10-9-14-7-5-4-6-8-14/h3-10,13H,1,11-12H2,2H3,(H,18,22)(H,19,20)/b10-9+/t13-/m0/s1. The molecular formula is C17H20N2O4. The Hall–Kier alpha value is -2.89. The lowest BCUT2D eigenvalue weighted by Crippen LogP contribution is -2.38. The van der Waals surface area contributed by atoms with Crippen molar-refractivity contribution in [1.82, 2.24) is 10.6 Å². The number of esters is 1. The van der Waals surface area contributed by atoms with Gasteiger partial charge in [-0.1, -0.05) is 36.4 Å². The van der Waals surface area contributed by atoms with Crippen LogP contribution in [0, 0.1) is 0 Å². The van der Waals surface area contributed by atoms with Crippen molar-refractivity contribution in [2.75, 3.05) is 13.1 Å². The first kappa shape index (κ1) is 18.2. The van der Waals surface area contributed by atoms with Crippen LogP contribution in [0.15, 0.2) is 49.1 Å². The zero-order valence-corrected chi connectivity index (χ0v) is 13.0. The van der Waals surface area contributed by atoms with E-state index < -0.39 is 23.9 Å². The molecule has 1 aromatic rings. The van der Waals surface area contributed by atoms with E-state index in [9.17, 15) is 14.4 Å². The Morgan fingerprint density at radius 2 is 1.91 bits per heavy atom. The van der Waals surface area contributed by atoms with E-state index >= 15 is 0 Å². The van der Waals surface area contributed by atoms with Gasteiger partial charge < -0.3 is 15.4 Å². The van der Waals surface area contributed by atoms with Gasteiger partial charge >= 0.3 is 5.97 Å². The van der Waals surface area contributed by atoms with Crippen LogP contribution in [-0.4, -0.2) is 37.0 Å². The van der Waals surface area contributed by atoms with Gasteiger partial charge in [0.25, 0.3) is 5.91 Å². The monoisotopic (exact) mass is 316 g/mol. The smallest absolute Gasteiger partial charge is 0.326 e. The molecule has 0 aromatic heterocycles. The van der Waals surface area contributed by atoms with Gasteiger partial charge in [0.15, 0.2) is 6.10 Å². The first-order valence-electron chi connectivity index (χ1n) is 7.12. The first-order valence-corrected chi connectivity index (χ1v) is 7.12. The minimum absolute atomic E-state index is 0.293. The summed E-state index contributed by atoms with van der Waals surface area (Å²) >= 11 is 0. The Kier molecular flexibility index (Phi) is 7.85. The molecule has 0 aliphatic carbocycles. The highest BCUT2D eigenvalue weighted by atomic mass is 16.5. The third-order valence-corrected chi connectivity index (χ3v) is 2.73. The molecule has 1 atom stereocenters. The molecule has 0 saturated carbocycles. The molecule has 0 radical (unpaired) electrons. The Morgan fingerprint density at radius 3 is 2.57 bits per heavy atom. The minimum atomic E-state index is -0.931. The van der Waals surface area contributed by atoms with Crippen LogP contribution < -0.4 is 10.6 Å². The summed E-state index contributed by atoms with van der Waals surface area (Å²) in [5.41, 5.74) is 0.873. The summed E-state index contributed by atoms with van der Waals surface area (Å²) in [7, 11) is 0. The molecule has 0 aliphatic rings. The zero-order chi connectivity index (χ0) is 17.1. The highest BCUT2D eigenvalue weighted by Crippen LogP contribution is 2.00. The van der Waals surface area contributed by atoms with Crippen LogP contribution in [0.1, 0.15) is 12.5 Å². The topological polar surface area (TPSA) is 84.5 Å². The molecule has 0 spiro atoms. The number of amides is 2. The van der Waals surface area contributed by atoms with E-state index in [0.717, 1.165) is 5.56 Å². The van der Waals surface area contributed by atoms with Crippen molar-refractivity contribution in [3.05, 3.63) is 54.6 Å². The summed E-state index contributed by atoms with van der Waals surface area (Å²) in [5, 5.41) is 4.90. The van der Waals surface area contributed by atoms with Gasteiger partial charge in [0.05, 0.1) is 0 Å². The van der Waals surface area contributed by atoms with E-state index in [4.69, 9.17) is 4.74 Å². The molecular weight excluding hydrogens is 296 g/mol. The summed E-state index contributed by atoms with van der Waals surface area (Å²) in [5.74, 6) is -1.53. The van der Waals surface area contributed by atoms with Gasteiger partial charge in [0.1, 0.15) is 6.54 Å². The van der Waals surface area contributed by atoms with E-state index in [1.165, 1.54) is 19.1 Å². The summed E-state index contributed by atoms with van der Waals surface area (Å²) < 4.78 is 4.90. The fraction of sp³-hybridized carbons (Fsp3) is 0.235. The van der Waals surface area contributed by atoms with Crippen molar-refractivity contribution in [2.24, 2.45) is 0 Å². The van der Waals surface area contributed by atoms with Gasteiger partial charge in [-0.3, -0.25) is 14.4 Å². The Labute approximate surface area is 135 Å². The molecule has 2 amide bonds. The maximum absolute atomic E-state index is 11.6. The van der Waals surface area contributed by atoms with Crippen LogP contribution in [-0.2, 0) is 19.1 Å². The lowest BCUT2D eigenvalue weighted by Gasteiger charge is -2.12. The second-order valence-electron chi connectivity index (χ2n) is 4.63. The SMILES string of the molecule is C=CCNC(=O)[C@H](C)OC(=O)CNC(=O)/C=C/c1ccccc1. The maximum Gasteiger partial charge on any atom is 0.326 e. The van der Waals surface area contributed by atoms with E-state index in [-0.39, 0.29) is 6.54 Å². The van der Waals surface area contributed by atoms with Crippen LogP contribution in [0.2, 0.25) is 0 Å². The van der Waals surface area contributed by atoms with Crippen molar-refractivity contribution >= 4 is 23.9 Å². The van der Waals surface area contributed by atoms with Crippen LogP contribution in [0.25, 0.3) is 6.08 Å². The van der Waals surface area contributed by atoms with Crippen molar-refractivity contribution in [3.8, 4) is 0 Å². The number of hydrogen-bond acceptors (Lipinski definition) is 4. The fourth-order valence-electron chi connectivity index (χ4n) is 1.56. The molecule has 0 unspecified atom stereocenters. The first-order chi connectivity index (χ1) is 11.0. The molecule has 23 heavy (non-hydrogen) atoms. The molecule has 1 aromatic carbocycles. The Morgan fingerprint density at radius 1 is 1.22 bits per heavy atom. The Bertz CT molecular complexity index is 582. The summed E-state index contributed by atoms with van der Waals surface area (Å²) in [4.78, 5) is 34.6. The number of hydrogen-bond donors (Lipinski definition) is 2. The fourth-order valence-corrected chi connectivity index (χ4v) is 1.56. The van der Waals surface area contributed by atoms with Crippen molar-refractivity contribution < 1.29 is 19.1 Å². The van der Waals surface area contributed by atoms with Crippen molar-refractivity contribution in [1.29, 1.82) is 0 Å².